The Balaban J connectivity index is 3.07. The molecule has 0 aliphatic heterocycles. The third-order valence-corrected chi connectivity index (χ3v) is 3.70. The first-order valence-electron chi connectivity index (χ1n) is 6.88. The molecule has 1 amide bonds. The van der Waals surface area contributed by atoms with Gasteiger partial charge in [0.25, 0.3) is 0 Å². The molecular formula is C15H21BrN2O4. The quantitative estimate of drug-likeness (QED) is 0.839. The highest BCUT2D eigenvalue weighted by Gasteiger charge is 2.21. The van der Waals surface area contributed by atoms with Crippen molar-refractivity contribution in [1.82, 2.24) is 4.98 Å². The topological polar surface area (TPSA) is 88.5 Å². The number of hydrogen-bond acceptors (Lipinski definition) is 4. The summed E-state index contributed by atoms with van der Waals surface area (Å²) in [6.45, 7) is 8.72. The summed E-state index contributed by atoms with van der Waals surface area (Å²) in [7, 11) is 0. The van der Waals surface area contributed by atoms with E-state index in [1.807, 2.05) is 6.92 Å². The summed E-state index contributed by atoms with van der Waals surface area (Å²) >= 11 is 3.36. The van der Waals surface area contributed by atoms with E-state index in [-0.39, 0.29) is 6.42 Å². The minimum atomic E-state index is -0.911. The second-order valence-electron chi connectivity index (χ2n) is 6.12. The first-order valence-corrected chi connectivity index (χ1v) is 7.67. The zero-order valence-corrected chi connectivity index (χ0v) is 14.9. The molecule has 6 nitrogen and oxygen atoms in total. The van der Waals surface area contributed by atoms with E-state index in [2.05, 4.69) is 26.2 Å². The van der Waals surface area contributed by atoms with E-state index in [1.54, 1.807) is 33.9 Å². The molecule has 0 bridgehead atoms. The lowest BCUT2D eigenvalue weighted by Gasteiger charge is -2.21. The Hall–Kier alpha value is -1.63. The first-order chi connectivity index (χ1) is 10.0. The van der Waals surface area contributed by atoms with Crippen molar-refractivity contribution in [3.05, 3.63) is 21.9 Å². The molecular weight excluding hydrogens is 352 g/mol. The zero-order chi connectivity index (χ0) is 17.1. The molecule has 122 valence electrons. The van der Waals surface area contributed by atoms with E-state index >= 15 is 0 Å². The maximum absolute atomic E-state index is 12.0. The van der Waals surface area contributed by atoms with Crippen LogP contribution in [0.25, 0.3) is 0 Å². The lowest BCUT2D eigenvalue weighted by Crippen LogP contribution is -2.28. The Bertz CT molecular complexity index is 582. The lowest BCUT2D eigenvalue weighted by atomic mass is 10.0. The van der Waals surface area contributed by atoms with Gasteiger partial charge >= 0.3 is 12.1 Å². The van der Waals surface area contributed by atoms with Crippen molar-refractivity contribution in [3.63, 3.8) is 0 Å². The van der Waals surface area contributed by atoms with E-state index in [4.69, 9.17) is 9.84 Å². The number of halogens is 1. The molecule has 0 aromatic carbocycles. The van der Waals surface area contributed by atoms with Crippen molar-refractivity contribution in [3.8, 4) is 0 Å². The molecule has 1 aromatic heterocycles. The van der Waals surface area contributed by atoms with Crippen LogP contribution in [0.4, 0.5) is 10.5 Å². The number of nitrogens with zero attached hydrogens (tertiary/aromatic N) is 1. The molecule has 1 heterocycles. The fraction of sp³-hybridized carbons (Fsp3) is 0.533. The highest BCUT2D eigenvalue weighted by molar-refractivity contribution is 9.10. The number of aromatic nitrogens is 1. The van der Waals surface area contributed by atoms with Crippen LogP contribution >= 0.6 is 15.9 Å². The lowest BCUT2D eigenvalue weighted by molar-refractivity contribution is -0.141. The molecule has 1 unspecified atom stereocenters. The van der Waals surface area contributed by atoms with E-state index in [1.165, 1.54) is 0 Å². The van der Waals surface area contributed by atoms with Gasteiger partial charge in [-0.1, -0.05) is 6.92 Å². The van der Waals surface area contributed by atoms with Crippen LogP contribution < -0.4 is 5.32 Å². The smallest absolute Gasteiger partial charge is 0.412 e. The van der Waals surface area contributed by atoms with Gasteiger partial charge in [-0.3, -0.25) is 15.1 Å². The average molecular weight is 373 g/mol. The summed E-state index contributed by atoms with van der Waals surface area (Å²) in [5.41, 5.74) is 1.15. The van der Waals surface area contributed by atoms with Crippen molar-refractivity contribution in [2.45, 2.75) is 46.6 Å². The van der Waals surface area contributed by atoms with Crippen LogP contribution in [-0.2, 0) is 16.0 Å². The van der Waals surface area contributed by atoms with Crippen molar-refractivity contribution >= 4 is 33.7 Å². The number of carbonyl (C=O) groups is 2. The third-order valence-electron chi connectivity index (χ3n) is 2.90. The zero-order valence-electron chi connectivity index (χ0n) is 13.4. The Morgan fingerprint density at radius 3 is 2.55 bits per heavy atom. The summed E-state index contributed by atoms with van der Waals surface area (Å²) in [5.74, 6) is -1.52. The summed E-state index contributed by atoms with van der Waals surface area (Å²) in [6, 6.07) is 0. The van der Waals surface area contributed by atoms with Crippen LogP contribution in [0.1, 0.15) is 39.0 Å². The van der Waals surface area contributed by atoms with Gasteiger partial charge in [0.05, 0.1) is 17.3 Å². The third kappa shape index (κ3) is 5.29. The number of anilines is 1. The maximum Gasteiger partial charge on any atom is 0.412 e. The number of carboxylic acids is 1. The van der Waals surface area contributed by atoms with Gasteiger partial charge in [-0.05, 0) is 49.2 Å². The SMILES string of the molecule is Cc1c(Br)cnc(CC(C)C(=O)O)c1NC(=O)OC(C)(C)C. The second-order valence-corrected chi connectivity index (χ2v) is 6.98. The number of nitrogens with one attached hydrogen (secondary N) is 1. The van der Waals surface area contributed by atoms with Gasteiger partial charge < -0.3 is 9.84 Å². The van der Waals surface area contributed by atoms with E-state index in [0.29, 0.717) is 11.4 Å². The maximum atomic E-state index is 12.0. The van der Waals surface area contributed by atoms with E-state index in [0.717, 1.165) is 10.0 Å². The fourth-order valence-corrected chi connectivity index (χ4v) is 2.04. The van der Waals surface area contributed by atoms with Crippen molar-refractivity contribution in [2.24, 2.45) is 5.92 Å². The van der Waals surface area contributed by atoms with Crippen LogP contribution in [-0.4, -0.2) is 27.8 Å². The molecule has 7 heteroatoms. The molecule has 2 N–H and O–H groups in total. The average Bonchev–Trinajstić information content (AvgIpc) is 2.35. The van der Waals surface area contributed by atoms with Gasteiger partial charge in [-0.2, -0.15) is 0 Å². The van der Waals surface area contributed by atoms with Crippen LogP contribution in [0.2, 0.25) is 0 Å². The molecule has 1 aromatic rings. The molecule has 1 atom stereocenters. The van der Waals surface area contributed by atoms with Gasteiger partial charge in [0.15, 0.2) is 0 Å². The predicted molar refractivity (Wildman–Crippen MR) is 87.0 cm³/mol. The van der Waals surface area contributed by atoms with Gasteiger partial charge in [0.1, 0.15) is 5.60 Å². The number of hydrogen-bond donors (Lipinski definition) is 2. The van der Waals surface area contributed by atoms with Gasteiger partial charge in [0, 0.05) is 17.1 Å². The largest absolute Gasteiger partial charge is 0.481 e. The molecule has 0 aliphatic carbocycles. The van der Waals surface area contributed by atoms with E-state index < -0.39 is 23.6 Å². The van der Waals surface area contributed by atoms with Gasteiger partial charge in [0.2, 0.25) is 0 Å². The molecule has 0 saturated heterocycles. The Kier molecular flexibility index (Phi) is 5.93. The van der Waals surface area contributed by atoms with Crippen molar-refractivity contribution < 1.29 is 19.4 Å². The highest BCUT2D eigenvalue weighted by atomic mass is 79.9. The molecule has 0 fully saturated rings. The number of amides is 1. The number of aliphatic carboxylic acids is 1. The molecule has 22 heavy (non-hydrogen) atoms. The van der Waals surface area contributed by atoms with Crippen molar-refractivity contribution in [2.75, 3.05) is 5.32 Å². The number of ether oxygens (including phenoxy) is 1. The normalized spacial score (nSPS) is 12.6. The number of carbonyl (C=O) groups excluding carboxylic acids is 1. The van der Waals surface area contributed by atoms with Crippen LogP contribution in [0.15, 0.2) is 10.7 Å². The van der Waals surface area contributed by atoms with E-state index in [9.17, 15) is 9.59 Å². The number of carboxylic acid groups (broad SMARTS) is 1. The monoisotopic (exact) mass is 372 g/mol. The van der Waals surface area contributed by atoms with Gasteiger partial charge in [-0.15, -0.1) is 0 Å². The fourth-order valence-electron chi connectivity index (χ4n) is 1.74. The standard InChI is InChI=1S/C15H21BrN2O4/c1-8(13(19)20)6-11-12(9(2)10(16)7-17-11)18-14(21)22-15(3,4)5/h7-8H,6H2,1-5H3,(H,18,21)(H,19,20). The molecule has 1 rings (SSSR count). The van der Waals surface area contributed by atoms with Crippen LogP contribution in [0.5, 0.6) is 0 Å². The molecule has 0 spiro atoms. The minimum Gasteiger partial charge on any atom is -0.481 e. The highest BCUT2D eigenvalue weighted by Crippen LogP contribution is 2.28. The van der Waals surface area contributed by atoms with Gasteiger partial charge in [-0.25, -0.2) is 4.79 Å². The first kappa shape index (κ1) is 18.4. The Morgan fingerprint density at radius 2 is 2.05 bits per heavy atom. The molecule has 0 saturated carbocycles. The second kappa shape index (κ2) is 7.09. The number of pyridine rings is 1. The van der Waals surface area contributed by atoms with Crippen LogP contribution in [0.3, 0.4) is 0 Å². The number of rotatable bonds is 4. The van der Waals surface area contributed by atoms with Crippen molar-refractivity contribution in [1.29, 1.82) is 0 Å². The summed E-state index contributed by atoms with van der Waals surface area (Å²) < 4.78 is 5.96. The molecule has 0 aliphatic rings. The molecule has 0 radical (unpaired) electrons. The van der Waals surface area contributed by atoms with Crippen LogP contribution in [0, 0.1) is 12.8 Å². The Morgan fingerprint density at radius 1 is 1.45 bits per heavy atom. The summed E-state index contributed by atoms with van der Waals surface area (Å²) in [4.78, 5) is 27.2. The predicted octanol–water partition coefficient (Wildman–Crippen LogP) is 3.76. The summed E-state index contributed by atoms with van der Waals surface area (Å²) in [6.07, 6.45) is 1.22. The summed E-state index contributed by atoms with van der Waals surface area (Å²) in [5, 5.41) is 11.7. The Labute approximate surface area is 138 Å². The minimum absolute atomic E-state index is 0.217.